The van der Waals surface area contributed by atoms with Crippen molar-refractivity contribution in [1.82, 2.24) is 5.43 Å². The molecule has 152 valence electrons. The van der Waals surface area contributed by atoms with Crippen LogP contribution in [0.3, 0.4) is 0 Å². The second-order valence-corrected chi connectivity index (χ2v) is 6.49. The van der Waals surface area contributed by atoms with Crippen LogP contribution in [0.15, 0.2) is 52.0 Å². The van der Waals surface area contributed by atoms with Gasteiger partial charge in [-0.2, -0.15) is 5.10 Å². The van der Waals surface area contributed by atoms with Gasteiger partial charge in [0.15, 0.2) is 6.61 Å². The Morgan fingerprint density at radius 1 is 1.28 bits per heavy atom. The fraction of sp³-hybridized carbons (Fsp3) is 0.211. The number of amides is 1. The van der Waals surface area contributed by atoms with Crippen LogP contribution in [0.4, 0.5) is 5.69 Å². The third kappa shape index (κ3) is 7.00. The Balaban J connectivity index is 1.91. The molecule has 0 aliphatic carbocycles. The molecular weight excluding hydrogens is 446 g/mol. The van der Waals surface area contributed by atoms with E-state index >= 15 is 0 Å². The summed E-state index contributed by atoms with van der Waals surface area (Å²) in [6.45, 7) is 1.78. The zero-order valence-corrected chi connectivity index (χ0v) is 17.0. The number of benzene rings is 2. The molecule has 0 saturated carbocycles. The van der Waals surface area contributed by atoms with Crippen molar-refractivity contribution in [3.05, 3.63) is 68.2 Å². The average Bonchev–Trinajstić information content (AvgIpc) is 2.68. The highest BCUT2D eigenvalue weighted by Gasteiger charge is 2.15. The molecule has 0 spiro atoms. The minimum Gasteiger partial charge on any atom is -0.481 e. The van der Waals surface area contributed by atoms with Crippen LogP contribution in [0, 0.1) is 10.1 Å². The first-order valence-electron chi connectivity index (χ1n) is 8.53. The van der Waals surface area contributed by atoms with Gasteiger partial charge in [0, 0.05) is 11.6 Å². The van der Waals surface area contributed by atoms with E-state index in [0.29, 0.717) is 21.3 Å². The molecule has 2 rings (SSSR count). The Morgan fingerprint density at radius 3 is 2.72 bits per heavy atom. The van der Waals surface area contributed by atoms with Crippen LogP contribution in [0.25, 0.3) is 0 Å². The van der Waals surface area contributed by atoms with Crippen molar-refractivity contribution in [3.63, 3.8) is 0 Å². The lowest BCUT2D eigenvalue weighted by Crippen LogP contribution is -2.20. The molecule has 0 unspecified atom stereocenters. The lowest BCUT2D eigenvalue weighted by molar-refractivity contribution is -0.385. The minimum atomic E-state index is -0.533. The van der Waals surface area contributed by atoms with Crippen molar-refractivity contribution < 1.29 is 24.0 Å². The van der Waals surface area contributed by atoms with Crippen LogP contribution in [0.2, 0.25) is 0 Å². The van der Waals surface area contributed by atoms with Gasteiger partial charge < -0.3 is 9.47 Å². The molecule has 10 heteroatoms. The Kier molecular flexibility index (Phi) is 8.28. The highest BCUT2D eigenvalue weighted by atomic mass is 79.9. The van der Waals surface area contributed by atoms with Crippen LogP contribution in [-0.4, -0.2) is 36.2 Å². The highest BCUT2D eigenvalue weighted by molar-refractivity contribution is 9.10. The Labute approximate surface area is 175 Å². The first-order chi connectivity index (χ1) is 13.9. The number of carbonyl (C=O) groups excluding carboxylic acids is 2. The fourth-order valence-electron chi connectivity index (χ4n) is 2.28. The smallest absolute Gasteiger partial charge is 0.344 e. The van der Waals surface area contributed by atoms with Crippen LogP contribution >= 0.6 is 15.9 Å². The molecule has 0 fully saturated rings. The first-order valence-corrected chi connectivity index (χ1v) is 9.32. The molecule has 0 heterocycles. The van der Waals surface area contributed by atoms with Gasteiger partial charge in [-0.05, 0) is 46.6 Å². The third-order valence-corrected chi connectivity index (χ3v) is 4.17. The zero-order valence-electron chi connectivity index (χ0n) is 15.5. The van der Waals surface area contributed by atoms with Gasteiger partial charge in [0.1, 0.15) is 5.75 Å². The number of halogens is 1. The summed E-state index contributed by atoms with van der Waals surface area (Å²) in [5, 5.41) is 14.8. The quantitative estimate of drug-likeness (QED) is 0.264. The molecule has 0 saturated heterocycles. The molecule has 0 atom stereocenters. The molecule has 29 heavy (non-hydrogen) atoms. The molecule has 2 aromatic carbocycles. The second-order valence-electron chi connectivity index (χ2n) is 5.64. The summed E-state index contributed by atoms with van der Waals surface area (Å²) >= 11 is 3.33. The number of para-hydroxylation sites is 1. The maximum absolute atomic E-state index is 12.0. The number of nitrogens with one attached hydrogen (secondary N) is 1. The normalized spacial score (nSPS) is 10.6. The topological polar surface area (TPSA) is 120 Å². The first kappa shape index (κ1) is 22.0. The van der Waals surface area contributed by atoms with E-state index in [-0.39, 0.29) is 25.3 Å². The predicted molar refractivity (Wildman–Crippen MR) is 109 cm³/mol. The van der Waals surface area contributed by atoms with Crippen molar-refractivity contribution in [2.75, 3.05) is 13.2 Å². The number of nitro benzene ring substituents is 1. The monoisotopic (exact) mass is 463 g/mol. The van der Waals surface area contributed by atoms with Gasteiger partial charge in [-0.15, -0.1) is 0 Å². The van der Waals surface area contributed by atoms with E-state index in [9.17, 15) is 19.7 Å². The number of hydrogen-bond acceptors (Lipinski definition) is 7. The molecular formula is C19H18BrN3O6. The molecule has 1 amide bonds. The molecule has 0 aliphatic heterocycles. The minimum absolute atomic E-state index is 0.117. The van der Waals surface area contributed by atoms with Gasteiger partial charge in [-0.1, -0.05) is 18.2 Å². The largest absolute Gasteiger partial charge is 0.481 e. The Hall–Kier alpha value is -3.27. The molecule has 9 nitrogen and oxygen atoms in total. The standard InChI is InChI=1S/C19H18BrN3O6/c1-2-28-19(25)12-29-17-8-7-13(9-15(17)20)11-21-22-18(24)10-14-5-3-4-6-16(14)23(26)27/h3-9,11H,2,10,12H2,1H3,(H,22,24)/b21-11+. The zero-order chi connectivity index (χ0) is 21.2. The molecule has 0 aromatic heterocycles. The summed E-state index contributed by atoms with van der Waals surface area (Å²) in [6, 6.07) is 11.0. The average molecular weight is 464 g/mol. The number of esters is 1. The van der Waals surface area contributed by atoms with Crippen molar-refractivity contribution in [2.24, 2.45) is 5.10 Å². The van der Waals surface area contributed by atoms with Gasteiger partial charge in [-0.3, -0.25) is 14.9 Å². The molecule has 2 aromatic rings. The second kappa shape index (κ2) is 10.9. The summed E-state index contributed by atoms with van der Waals surface area (Å²) in [4.78, 5) is 33.8. The summed E-state index contributed by atoms with van der Waals surface area (Å²) in [5.41, 5.74) is 3.18. The van der Waals surface area contributed by atoms with Crippen LogP contribution in [-0.2, 0) is 20.7 Å². The van der Waals surface area contributed by atoms with Crippen molar-refractivity contribution in [2.45, 2.75) is 13.3 Å². The van der Waals surface area contributed by atoms with E-state index in [4.69, 9.17) is 9.47 Å². The summed E-state index contributed by atoms with van der Waals surface area (Å²) in [7, 11) is 0. The molecule has 0 bridgehead atoms. The van der Waals surface area contributed by atoms with E-state index in [1.807, 2.05) is 0 Å². The third-order valence-electron chi connectivity index (χ3n) is 3.55. The van der Waals surface area contributed by atoms with Gasteiger partial charge in [0.25, 0.3) is 5.69 Å². The lowest BCUT2D eigenvalue weighted by Gasteiger charge is -2.08. The molecule has 1 N–H and O–H groups in total. The maximum Gasteiger partial charge on any atom is 0.344 e. The van der Waals surface area contributed by atoms with Gasteiger partial charge in [-0.25, -0.2) is 10.2 Å². The molecule has 0 radical (unpaired) electrons. The van der Waals surface area contributed by atoms with E-state index < -0.39 is 16.8 Å². The number of rotatable bonds is 9. The van der Waals surface area contributed by atoms with Crippen LogP contribution in [0.5, 0.6) is 5.75 Å². The number of hydrazone groups is 1. The van der Waals surface area contributed by atoms with Crippen molar-refractivity contribution in [3.8, 4) is 5.75 Å². The number of hydrogen-bond donors (Lipinski definition) is 1. The Bertz CT molecular complexity index is 932. The lowest BCUT2D eigenvalue weighted by atomic mass is 10.1. The van der Waals surface area contributed by atoms with E-state index in [1.165, 1.54) is 24.4 Å². The van der Waals surface area contributed by atoms with E-state index in [0.717, 1.165) is 0 Å². The number of carbonyl (C=O) groups is 2. The number of nitrogens with zero attached hydrogens (tertiary/aromatic N) is 2. The SMILES string of the molecule is CCOC(=O)COc1ccc(/C=N/NC(=O)Cc2ccccc2[N+](=O)[O-])cc1Br. The van der Waals surface area contributed by atoms with Gasteiger partial charge in [0.05, 0.1) is 28.6 Å². The maximum atomic E-state index is 12.0. The molecule has 0 aliphatic rings. The summed E-state index contributed by atoms with van der Waals surface area (Å²) in [6.07, 6.45) is 1.25. The van der Waals surface area contributed by atoms with Crippen molar-refractivity contribution in [1.29, 1.82) is 0 Å². The number of nitro groups is 1. The highest BCUT2D eigenvalue weighted by Crippen LogP contribution is 2.25. The van der Waals surface area contributed by atoms with Gasteiger partial charge >= 0.3 is 5.97 Å². The van der Waals surface area contributed by atoms with E-state index in [2.05, 4.69) is 26.5 Å². The van der Waals surface area contributed by atoms with Gasteiger partial charge in [0.2, 0.25) is 5.91 Å². The predicted octanol–water partition coefficient (Wildman–Crippen LogP) is 2.99. The van der Waals surface area contributed by atoms with E-state index in [1.54, 1.807) is 31.2 Å². The van der Waals surface area contributed by atoms with Crippen LogP contribution < -0.4 is 10.2 Å². The Morgan fingerprint density at radius 2 is 2.03 bits per heavy atom. The van der Waals surface area contributed by atoms with Crippen LogP contribution in [0.1, 0.15) is 18.1 Å². The van der Waals surface area contributed by atoms with Crippen molar-refractivity contribution >= 4 is 39.7 Å². The fourth-order valence-corrected chi connectivity index (χ4v) is 2.79. The summed E-state index contributed by atoms with van der Waals surface area (Å²) in [5.74, 6) is -0.494. The summed E-state index contributed by atoms with van der Waals surface area (Å²) < 4.78 is 10.7. The number of ether oxygens (including phenoxy) is 2.